The van der Waals surface area contributed by atoms with Crippen molar-refractivity contribution in [2.75, 3.05) is 0 Å². The molecule has 0 spiro atoms. The van der Waals surface area contributed by atoms with Crippen molar-refractivity contribution in [2.45, 2.75) is 13.3 Å². The van der Waals surface area contributed by atoms with Gasteiger partial charge in [0.15, 0.2) is 0 Å². The summed E-state index contributed by atoms with van der Waals surface area (Å²) in [6.45, 7) is 2.11. The van der Waals surface area contributed by atoms with Crippen LogP contribution < -0.4 is 0 Å². The van der Waals surface area contributed by atoms with Crippen molar-refractivity contribution < 1.29 is 0 Å². The second-order valence-electron chi connectivity index (χ2n) is 3.14. The van der Waals surface area contributed by atoms with E-state index in [4.69, 9.17) is 5.26 Å². The molecule has 1 nitrogen and oxygen atoms in total. The van der Waals surface area contributed by atoms with Crippen molar-refractivity contribution in [3.63, 3.8) is 0 Å². The Labute approximate surface area is 101 Å². The normalized spacial score (nSPS) is 10.4. The second kappa shape index (κ2) is 3.87. The average molecular weight is 313 g/mol. The van der Waals surface area contributed by atoms with Crippen LogP contribution >= 0.6 is 33.9 Å². The fourth-order valence-electron chi connectivity index (χ4n) is 1.51. The molecule has 1 heterocycles. The molecule has 0 unspecified atom stereocenters. The standard InChI is InChI=1S/C11H8INS/c1-7-6-9-8(4-5-13)2-3-10(12)11(9)14-7/h2-3,6H,4H2,1H3. The van der Waals surface area contributed by atoms with Crippen molar-refractivity contribution in [1.82, 2.24) is 0 Å². The van der Waals surface area contributed by atoms with Crippen molar-refractivity contribution in [2.24, 2.45) is 0 Å². The van der Waals surface area contributed by atoms with Crippen LogP contribution in [-0.4, -0.2) is 0 Å². The molecule has 2 rings (SSSR count). The summed E-state index contributed by atoms with van der Waals surface area (Å²) >= 11 is 4.15. The Balaban J connectivity index is 2.75. The van der Waals surface area contributed by atoms with Gasteiger partial charge >= 0.3 is 0 Å². The molecule has 1 aromatic heterocycles. The lowest BCUT2D eigenvalue weighted by Gasteiger charge is -1.99. The molecule has 0 atom stereocenters. The van der Waals surface area contributed by atoms with E-state index in [2.05, 4.69) is 53.8 Å². The highest BCUT2D eigenvalue weighted by atomic mass is 127. The topological polar surface area (TPSA) is 23.8 Å². The van der Waals surface area contributed by atoms with E-state index in [1.165, 1.54) is 18.5 Å². The molecule has 2 aromatic rings. The first-order valence-electron chi connectivity index (χ1n) is 4.27. The number of nitriles is 1. The van der Waals surface area contributed by atoms with Crippen molar-refractivity contribution >= 4 is 44.0 Å². The number of halogens is 1. The van der Waals surface area contributed by atoms with Gasteiger partial charge in [-0.2, -0.15) is 5.26 Å². The first kappa shape index (κ1) is 9.94. The van der Waals surface area contributed by atoms with Crippen LogP contribution in [0.5, 0.6) is 0 Å². The quantitative estimate of drug-likeness (QED) is 0.733. The van der Waals surface area contributed by atoms with Crippen LogP contribution in [-0.2, 0) is 6.42 Å². The number of hydrogen-bond donors (Lipinski definition) is 0. The molecule has 0 aliphatic carbocycles. The number of aryl methyl sites for hydroxylation is 1. The van der Waals surface area contributed by atoms with Crippen molar-refractivity contribution in [1.29, 1.82) is 5.26 Å². The monoisotopic (exact) mass is 313 g/mol. The summed E-state index contributed by atoms with van der Waals surface area (Å²) in [4.78, 5) is 1.31. The maximum Gasteiger partial charge on any atom is 0.0669 e. The molecule has 70 valence electrons. The van der Waals surface area contributed by atoms with Gasteiger partial charge in [-0.3, -0.25) is 0 Å². The number of fused-ring (bicyclic) bond motifs is 1. The lowest BCUT2D eigenvalue weighted by atomic mass is 10.1. The molecule has 0 saturated carbocycles. The average Bonchev–Trinajstić information content (AvgIpc) is 2.53. The van der Waals surface area contributed by atoms with Gasteiger partial charge in [0.05, 0.1) is 12.5 Å². The smallest absolute Gasteiger partial charge is 0.0669 e. The van der Waals surface area contributed by atoms with Crippen LogP contribution in [0.3, 0.4) is 0 Å². The highest BCUT2D eigenvalue weighted by molar-refractivity contribution is 14.1. The summed E-state index contributed by atoms with van der Waals surface area (Å²) < 4.78 is 2.59. The predicted molar refractivity (Wildman–Crippen MR) is 68.6 cm³/mol. The van der Waals surface area contributed by atoms with Gasteiger partial charge in [-0.05, 0) is 52.6 Å². The zero-order valence-electron chi connectivity index (χ0n) is 7.67. The summed E-state index contributed by atoms with van der Waals surface area (Å²) in [6, 6.07) is 8.53. The van der Waals surface area contributed by atoms with E-state index in [0.29, 0.717) is 6.42 Å². The summed E-state index contributed by atoms with van der Waals surface area (Å²) in [7, 11) is 0. The van der Waals surface area contributed by atoms with Gasteiger partial charge < -0.3 is 0 Å². The van der Waals surface area contributed by atoms with Gasteiger partial charge in [-0.25, -0.2) is 0 Å². The van der Waals surface area contributed by atoms with Crippen LogP contribution in [0.2, 0.25) is 0 Å². The number of nitrogens with zero attached hydrogens (tertiary/aromatic N) is 1. The van der Waals surface area contributed by atoms with Crippen LogP contribution in [0.15, 0.2) is 18.2 Å². The minimum atomic E-state index is 0.504. The van der Waals surface area contributed by atoms with Gasteiger partial charge in [0, 0.05) is 13.1 Å². The largest absolute Gasteiger partial charge is 0.198 e. The Morgan fingerprint density at radius 3 is 3.00 bits per heavy atom. The minimum Gasteiger partial charge on any atom is -0.198 e. The number of benzene rings is 1. The Morgan fingerprint density at radius 1 is 1.50 bits per heavy atom. The Hall–Kier alpha value is -0.600. The van der Waals surface area contributed by atoms with Crippen LogP contribution in [0, 0.1) is 21.8 Å². The van der Waals surface area contributed by atoms with E-state index in [1.54, 1.807) is 11.3 Å². The molecule has 0 amide bonds. The Kier molecular flexibility index (Phi) is 2.75. The van der Waals surface area contributed by atoms with Crippen LogP contribution in [0.1, 0.15) is 10.4 Å². The van der Waals surface area contributed by atoms with Gasteiger partial charge in [0.2, 0.25) is 0 Å². The third-order valence-corrected chi connectivity index (χ3v) is 4.47. The molecule has 0 fully saturated rings. The molecule has 1 aromatic carbocycles. The fourth-order valence-corrected chi connectivity index (χ4v) is 3.27. The zero-order valence-corrected chi connectivity index (χ0v) is 10.6. The van der Waals surface area contributed by atoms with E-state index in [-0.39, 0.29) is 0 Å². The van der Waals surface area contributed by atoms with E-state index in [9.17, 15) is 0 Å². The maximum atomic E-state index is 8.71. The van der Waals surface area contributed by atoms with E-state index in [0.717, 1.165) is 5.56 Å². The van der Waals surface area contributed by atoms with Crippen LogP contribution in [0.4, 0.5) is 0 Å². The molecule has 0 saturated heterocycles. The maximum absolute atomic E-state index is 8.71. The molecule has 0 aliphatic rings. The van der Waals surface area contributed by atoms with Crippen molar-refractivity contribution in [3.8, 4) is 6.07 Å². The zero-order chi connectivity index (χ0) is 10.1. The molecule has 3 heteroatoms. The van der Waals surface area contributed by atoms with E-state index < -0.39 is 0 Å². The van der Waals surface area contributed by atoms with Crippen LogP contribution in [0.25, 0.3) is 10.1 Å². The lowest BCUT2D eigenvalue weighted by Crippen LogP contribution is -1.83. The molecule has 0 radical (unpaired) electrons. The number of hydrogen-bond acceptors (Lipinski definition) is 2. The number of thiophene rings is 1. The van der Waals surface area contributed by atoms with Gasteiger partial charge in [0.25, 0.3) is 0 Å². The van der Waals surface area contributed by atoms with Gasteiger partial charge in [-0.15, -0.1) is 11.3 Å². The number of rotatable bonds is 1. The molecule has 0 aliphatic heterocycles. The summed E-state index contributed by atoms with van der Waals surface area (Å²) in [6.07, 6.45) is 0.504. The van der Waals surface area contributed by atoms with E-state index >= 15 is 0 Å². The SMILES string of the molecule is Cc1cc2c(CC#N)ccc(I)c2s1. The molecular formula is C11H8INS. The molecule has 0 N–H and O–H groups in total. The van der Waals surface area contributed by atoms with Gasteiger partial charge in [0.1, 0.15) is 0 Å². The van der Waals surface area contributed by atoms with Crippen molar-refractivity contribution in [3.05, 3.63) is 32.2 Å². The first-order valence-corrected chi connectivity index (χ1v) is 6.16. The lowest BCUT2D eigenvalue weighted by molar-refractivity contribution is 1.29. The Bertz CT molecular complexity index is 522. The van der Waals surface area contributed by atoms with Gasteiger partial charge in [-0.1, -0.05) is 6.07 Å². The third-order valence-electron chi connectivity index (χ3n) is 2.12. The fraction of sp³-hybridized carbons (Fsp3) is 0.182. The molecular weight excluding hydrogens is 305 g/mol. The molecule has 14 heavy (non-hydrogen) atoms. The highest BCUT2D eigenvalue weighted by Gasteiger charge is 2.06. The minimum absolute atomic E-state index is 0.504. The summed E-state index contributed by atoms with van der Waals surface area (Å²) in [5.74, 6) is 0. The first-order chi connectivity index (χ1) is 6.72. The molecule has 0 bridgehead atoms. The van der Waals surface area contributed by atoms with E-state index in [1.807, 2.05) is 0 Å². The second-order valence-corrected chi connectivity index (χ2v) is 5.56. The third kappa shape index (κ3) is 1.64. The summed E-state index contributed by atoms with van der Waals surface area (Å²) in [5.41, 5.74) is 1.15. The predicted octanol–water partition coefficient (Wildman–Crippen LogP) is 3.88. The summed E-state index contributed by atoms with van der Waals surface area (Å²) in [5, 5.41) is 9.96. The Morgan fingerprint density at radius 2 is 2.29 bits per heavy atom. The highest BCUT2D eigenvalue weighted by Crippen LogP contribution is 2.32.